The van der Waals surface area contributed by atoms with E-state index in [4.69, 9.17) is 4.74 Å². The highest BCUT2D eigenvalue weighted by atomic mass is 19.3. The van der Waals surface area contributed by atoms with Gasteiger partial charge in [0.15, 0.2) is 11.6 Å². The number of likely N-dealkylation sites (tertiary alicyclic amines) is 1. The predicted molar refractivity (Wildman–Crippen MR) is 116 cm³/mol. The predicted octanol–water partition coefficient (Wildman–Crippen LogP) is 5.05. The van der Waals surface area contributed by atoms with Gasteiger partial charge in [0.25, 0.3) is 6.43 Å². The minimum absolute atomic E-state index is 0.0733. The number of rotatable bonds is 6. The number of halogens is 5. The maximum absolute atomic E-state index is 14.2. The largest absolute Gasteiger partial charge is 0.381 e. The van der Waals surface area contributed by atoms with Gasteiger partial charge in [0.1, 0.15) is 17.3 Å². The van der Waals surface area contributed by atoms with Gasteiger partial charge >= 0.3 is 0 Å². The van der Waals surface area contributed by atoms with Gasteiger partial charge in [-0.25, -0.2) is 22.0 Å². The minimum atomic E-state index is -3.02. The van der Waals surface area contributed by atoms with Gasteiger partial charge in [0.2, 0.25) is 0 Å². The first-order chi connectivity index (χ1) is 16.4. The molecule has 0 amide bonds. The Morgan fingerprint density at radius 3 is 2.50 bits per heavy atom. The summed E-state index contributed by atoms with van der Waals surface area (Å²) in [5.41, 5.74) is -1.87. The van der Waals surface area contributed by atoms with Crippen molar-refractivity contribution in [2.75, 3.05) is 38.2 Å². The van der Waals surface area contributed by atoms with Crippen molar-refractivity contribution in [3.8, 4) is 11.3 Å². The van der Waals surface area contributed by atoms with E-state index in [0.29, 0.717) is 29.9 Å². The van der Waals surface area contributed by atoms with Crippen molar-refractivity contribution in [3.05, 3.63) is 41.2 Å². The number of nitrogens with one attached hydrogen (secondary N) is 1. The molecule has 1 N–H and O–H groups in total. The fourth-order valence-electron chi connectivity index (χ4n) is 5.77. The molecule has 1 aromatic carbocycles. The van der Waals surface area contributed by atoms with Crippen molar-refractivity contribution in [2.24, 2.45) is 17.8 Å². The summed E-state index contributed by atoms with van der Waals surface area (Å²) in [6.45, 7) is 4.81. The molecule has 5 rings (SSSR count). The van der Waals surface area contributed by atoms with Crippen LogP contribution in [0.2, 0.25) is 0 Å². The monoisotopic (exact) mass is 482 g/mol. The van der Waals surface area contributed by atoms with Gasteiger partial charge in [-0.2, -0.15) is 0 Å². The van der Waals surface area contributed by atoms with Crippen LogP contribution in [0.3, 0.4) is 0 Å². The van der Waals surface area contributed by atoms with Gasteiger partial charge in [-0.3, -0.25) is 0 Å². The van der Waals surface area contributed by atoms with Crippen LogP contribution in [0.4, 0.5) is 27.8 Å². The lowest BCUT2D eigenvalue weighted by Crippen LogP contribution is -2.33. The Kier molecular flexibility index (Phi) is 6.70. The second kappa shape index (κ2) is 9.73. The van der Waals surface area contributed by atoms with Crippen LogP contribution < -0.4 is 5.32 Å². The maximum atomic E-state index is 14.2. The average Bonchev–Trinajstić information content (AvgIpc) is 3.34. The highest BCUT2D eigenvalue weighted by Crippen LogP contribution is 2.40. The molecule has 0 bridgehead atoms. The fourth-order valence-corrected chi connectivity index (χ4v) is 5.77. The van der Waals surface area contributed by atoms with Crippen molar-refractivity contribution >= 4 is 5.82 Å². The zero-order chi connectivity index (χ0) is 23.8. The van der Waals surface area contributed by atoms with E-state index in [1.807, 2.05) is 0 Å². The Balaban J connectivity index is 1.24. The normalized spacial score (nSPS) is 25.8. The molecular weight excluding hydrogens is 455 g/mol. The third-order valence-corrected chi connectivity index (χ3v) is 7.26. The first kappa shape index (κ1) is 23.4. The summed E-state index contributed by atoms with van der Waals surface area (Å²) >= 11 is 0. The zero-order valence-electron chi connectivity index (χ0n) is 18.6. The van der Waals surface area contributed by atoms with Crippen LogP contribution >= 0.6 is 0 Å². The summed E-state index contributed by atoms with van der Waals surface area (Å²) in [5, 5.41) is 10.8. The molecule has 10 heteroatoms. The van der Waals surface area contributed by atoms with Gasteiger partial charge in [-0.15, -0.1) is 10.2 Å². The molecule has 3 aliphatic rings. The first-order valence-corrected chi connectivity index (χ1v) is 11.7. The van der Waals surface area contributed by atoms with Crippen molar-refractivity contribution in [3.63, 3.8) is 0 Å². The van der Waals surface area contributed by atoms with E-state index in [9.17, 15) is 22.0 Å². The molecule has 2 aliphatic heterocycles. The van der Waals surface area contributed by atoms with Crippen molar-refractivity contribution < 1.29 is 26.7 Å². The SMILES string of the molecule is Fc1cc(F)c(F)c(-c2nnc(NC3C[C@@H]4CN(C[C@@H]5CCCOC5)C[C@H]4C3)cc2C(F)F)c1. The second-order valence-electron chi connectivity index (χ2n) is 9.72. The Bertz CT molecular complexity index is 1020. The second-order valence-corrected chi connectivity index (χ2v) is 9.72. The Morgan fingerprint density at radius 1 is 1.06 bits per heavy atom. The third kappa shape index (κ3) is 4.88. The molecule has 5 nitrogen and oxygen atoms in total. The number of hydrogen-bond donors (Lipinski definition) is 1. The Morgan fingerprint density at radius 2 is 1.82 bits per heavy atom. The number of fused-ring (bicyclic) bond motifs is 1. The lowest BCUT2D eigenvalue weighted by Gasteiger charge is -2.27. The molecule has 34 heavy (non-hydrogen) atoms. The number of ether oxygens (including phenoxy) is 1. The van der Waals surface area contributed by atoms with Gasteiger partial charge in [-0.05, 0) is 55.6 Å². The van der Waals surface area contributed by atoms with E-state index in [-0.39, 0.29) is 11.9 Å². The molecule has 184 valence electrons. The molecular formula is C24H27F5N4O. The van der Waals surface area contributed by atoms with E-state index in [1.165, 1.54) is 6.42 Å². The van der Waals surface area contributed by atoms with Gasteiger partial charge < -0.3 is 15.0 Å². The van der Waals surface area contributed by atoms with E-state index >= 15 is 0 Å². The highest BCUT2D eigenvalue weighted by Gasteiger charge is 2.41. The number of hydrogen-bond acceptors (Lipinski definition) is 5. The van der Waals surface area contributed by atoms with E-state index in [1.54, 1.807) is 0 Å². The topological polar surface area (TPSA) is 50.3 Å². The van der Waals surface area contributed by atoms with Crippen LogP contribution in [0.5, 0.6) is 0 Å². The van der Waals surface area contributed by atoms with Gasteiger partial charge in [0, 0.05) is 49.5 Å². The highest BCUT2D eigenvalue weighted by molar-refractivity contribution is 5.65. The molecule has 0 spiro atoms. The standard InChI is InChI=1S/C24H27F5N4O/c25-16-6-18(22(27)20(26)7-16)23-19(24(28)29)8-21(31-32-23)30-17-4-14-10-33(11-15(14)5-17)9-13-2-1-3-34-12-13/h6-8,13-15,17,24H,1-5,9-12H2,(H,30,31)/t13-,14+,15+/m0/s1. The first-order valence-electron chi connectivity index (χ1n) is 11.7. The van der Waals surface area contributed by atoms with Crippen LogP contribution in [0.15, 0.2) is 18.2 Å². The van der Waals surface area contributed by atoms with Gasteiger partial charge in [0.05, 0.1) is 6.61 Å². The van der Waals surface area contributed by atoms with Crippen LogP contribution in [-0.4, -0.2) is 54.0 Å². The minimum Gasteiger partial charge on any atom is -0.381 e. The van der Waals surface area contributed by atoms with Crippen molar-refractivity contribution in [2.45, 2.75) is 38.2 Å². The molecule has 1 aliphatic carbocycles. The molecule has 3 atom stereocenters. The van der Waals surface area contributed by atoms with Gasteiger partial charge in [-0.1, -0.05) is 0 Å². The summed E-state index contributed by atoms with van der Waals surface area (Å²) in [5.74, 6) is -2.17. The summed E-state index contributed by atoms with van der Waals surface area (Å²) in [4.78, 5) is 2.51. The van der Waals surface area contributed by atoms with E-state index in [0.717, 1.165) is 58.2 Å². The van der Waals surface area contributed by atoms with Crippen LogP contribution in [0.1, 0.15) is 37.7 Å². The molecule has 0 unspecified atom stereocenters. The summed E-state index contributed by atoms with van der Waals surface area (Å²) < 4.78 is 74.4. The maximum Gasteiger partial charge on any atom is 0.266 e. The molecule has 3 fully saturated rings. The van der Waals surface area contributed by atoms with Crippen LogP contribution in [0.25, 0.3) is 11.3 Å². The summed E-state index contributed by atoms with van der Waals surface area (Å²) in [7, 11) is 0. The van der Waals surface area contributed by atoms with Crippen molar-refractivity contribution in [1.29, 1.82) is 0 Å². The number of alkyl halides is 2. The molecule has 0 radical (unpaired) electrons. The Labute approximate surface area is 194 Å². The van der Waals surface area contributed by atoms with E-state index < -0.39 is 40.7 Å². The average molecular weight is 482 g/mol. The lowest BCUT2D eigenvalue weighted by molar-refractivity contribution is 0.0407. The smallest absolute Gasteiger partial charge is 0.266 e. The quantitative estimate of drug-likeness (QED) is 0.462. The number of anilines is 1. The summed E-state index contributed by atoms with van der Waals surface area (Å²) in [6.07, 6.45) is 1.12. The molecule has 3 heterocycles. The number of nitrogens with zero attached hydrogens (tertiary/aromatic N) is 3. The molecule has 2 aromatic rings. The van der Waals surface area contributed by atoms with E-state index in [2.05, 4.69) is 20.4 Å². The van der Waals surface area contributed by atoms with Crippen molar-refractivity contribution in [1.82, 2.24) is 15.1 Å². The number of benzene rings is 1. The molecule has 2 saturated heterocycles. The fraction of sp³-hybridized carbons (Fsp3) is 0.583. The lowest BCUT2D eigenvalue weighted by atomic mass is 10.0. The molecule has 1 saturated carbocycles. The number of aromatic nitrogens is 2. The third-order valence-electron chi connectivity index (χ3n) is 7.26. The zero-order valence-corrected chi connectivity index (χ0v) is 18.6. The Hall–Kier alpha value is -2.33. The van der Waals surface area contributed by atoms with Crippen LogP contribution in [0, 0.1) is 35.2 Å². The van der Waals surface area contributed by atoms with Crippen LogP contribution in [-0.2, 0) is 4.74 Å². The summed E-state index contributed by atoms with van der Waals surface area (Å²) in [6, 6.07) is 2.17. The molecule has 1 aromatic heterocycles.